The van der Waals surface area contributed by atoms with Crippen molar-refractivity contribution < 1.29 is 4.79 Å². The molecule has 2 atom stereocenters. The summed E-state index contributed by atoms with van der Waals surface area (Å²) in [5.74, 6) is 0.115. The Hall–Kier alpha value is -1.39. The third-order valence-corrected chi connectivity index (χ3v) is 3.59. The zero-order valence-electron chi connectivity index (χ0n) is 11.0. The van der Waals surface area contributed by atoms with Crippen molar-refractivity contribution in [1.82, 2.24) is 15.5 Å². The van der Waals surface area contributed by atoms with E-state index in [9.17, 15) is 4.79 Å². The van der Waals surface area contributed by atoms with Crippen LogP contribution in [0, 0.1) is 0 Å². The number of hydrogen-bond acceptors (Lipinski definition) is 3. The molecule has 0 aliphatic carbocycles. The molecule has 0 radical (unpaired) electrons. The maximum atomic E-state index is 11.9. The highest BCUT2D eigenvalue weighted by Crippen LogP contribution is 2.20. The van der Waals surface area contributed by atoms with Crippen LogP contribution in [0.2, 0.25) is 0 Å². The van der Waals surface area contributed by atoms with Crippen LogP contribution in [0.4, 0.5) is 0 Å². The molecule has 4 nitrogen and oxygen atoms in total. The molecule has 1 amide bonds. The fourth-order valence-corrected chi connectivity index (χ4v) is 2.54. The second-order valence-electron chi connectivity index (χ2n) is 4.77. The van der Waals surface area contributed by atoms with E-state index in [1.54, 1.807) is 7.05 Å². The van der Waals surface area contributed by atoms with Gasteiger partial charge in [-0.1, -0.05) is 30.3 Å². The first-order valence-electron chi connectivity index (χ1n) is 6.41. The first-order valence-corrected chi connectivity index (χ1v) is 6.41. The Balaban J connectivity index is 2.07. The second-order valence-corrected chi connectivity index (χ2v) is 4.77. The van der Waals surface area contributed by atoms with Gasteiger partial charge in [0.1, 0.15) is 0 Å². The predicted octanol–water partition coefficient (Wildman–Crippen LogP) is 0.595. The van der Waals surface area contributed by atoms with Crippen LogP contribution in [0.5, 0.6) is 0 Å². The quantitative estimate of drug-likeness (QED) is 0.819. The minimum absolute atomic E-state index is 0.0207. The van der Waals surface area contributed by atoms with Gasteiger partial charge in [0.05, 0.1) is 6.04 Å². The van der Waals surface area contributed by atoms with Gasteiger partial charge >= 0.3 is 0 Å². The molecule has 1 unspecified atom stereocenters. The third kappa shape index (κ3) is 2.89. The number of nitrogens with zero attached hydrogens (tertiary/aromatic N) is 1. The standard InChI is InChI=1S/C14H21N3O/c1-15-12-8-13(14(18)16-2)17(10-12)9-11-6-4-3-5-7-11/h3-7,12-13,15H,8-10H2,1-2H3,(H,16,18)/t12-,13?/m0/s1. The highest BCUT2D eigenvalue weighted by Gasteiger charge is 2.35. The largest absolute Gasteiger partial charge is 0.358 e. The van der Waals surface area contributed by atoms with Crippen LogP contribution in [0.1, 0.15) is 12.0 Å². The Morgan fingerprint density at radius 1 is 1.33 bits per heavy atom. The number of benzene rings is 1. The first-order chi connectivity index (χ1) is 8.74. The zero-order chi connectivity index (χ0) is 13.0. The molecule has 0 spiro atoms. The lowest BCUT2D eigenvalue weighted by molar-refractivity contribution is -0.125. The molecule has 1 aromatic rings. The highest BCUT2D eigenvalue weighted by molar-refractivity contribution is 5.81. The molecular weight excluding hydrogens is 226 g/mol. The van der Waals surface area contributed by atoms with Crippen molar-refractivity contribution in [2.24, 2.45) is 0 Å². The number of nitrogens with one attached hydrogen (secondary N) is 2. The molecule has 1 aliphatic heterocycles. The van der Waals surface area contributed by atoms with Crippen molar-refractivity contribution in [2.45, 2.75) is 25.0 Å². The summed E-state index contributed by atoms with van der Waals surface area (Å²) in [7, 11) is 3.66. The van der Waals surface area contributed by atoms with Gasteiger partial charge < -0.3 is 10.6 Å². The normalized spacial score (nSPS) is 24.1. The number of hydrogen-bond donors (Lipinski definition) is 2. The van der Waals surface area contributed by atoms with Crippen molar-refractivity contribution in [3.05, 3.63) is 35.9 Å². The summed E-state index contributed by atoms with van der Waals surface area (Å²) in [6.07, 6.45) is 0.878. The molecule has 2 rings (SSSR count). The lowest BCUT2D eigenvalue weighted by Gasteiger charge is -2.22. The van der Waals surface area contributed by atoms with E-state index in [4.69, 9.17) is 0 Å². The molecule has 4 heteroatoms. The van der Waals surface area contributed by atoms with E-state index in [0.29, 0.717) is 6.04 Å². The van der Waals surface area contributed by atoms with Gasteiger partial charge in [0.15, 0.2) is 0 Å². The minimum Gasteiger partial charge on any atom is -0.358 e. The topological polar surface area (TPSA) is 44.4 Å². The Kier molecular flexibility index (Phi) is 4.33. The van der Waals surface area contributed by atoms with Crippen LogP contribution in [-0.4, -0.2) is 43.5 Å². The SMILES string of the molecule is CNC(=O)C1C[C@H](NC)CN1Cc1ccccc1. The Morgan fingerprint density at radius 2 is 2.06 bits per heavy atom. The van der Waals surface area contributed by atoms with E-state index >= 15 is 0 Å². The van der Waals surface area contributed by atoms with Crippen molar-refractivity contribution >= 4 is 5.91 Å². The average molecular weight is 247 g/mol. The Morgan fingerprint density at radius 3 is 2.67 bits per heavy atom. The molecule has 0 saturated carbocycles. The van der Waals surface area contributed by atoms with Gasteiger partial charge in [-0.3, -0.25) is 9.69 Å². The molecule has 0 aromatic heterocycles. The van der Waals surface area contributed by atoms with Gasteiger partial charge in [0, 0.05) is 26.2 Å². The molecule has 1 fully saturated rings. The van der Waals surface area contributed by atoms with Crippen molar-refractivity contribution in [3.63, 3.8) is 0 Å². The lowest BCUT2D eigenvalue weighted by atomic mass is 10.1. The van der Waals surface area contributed by atoms with Crippen LogP contribution >= 0.6 is 0 Å². The average Bonchev–Trinajstić information content (AvgIpc) is 2.82. The van der Waals surface area contributed by atoms with Crippen molar-refractivity contribution in [1.29, 1.82) is 0 Å². The molecule has 1 saturated heterocycles. The van der Waals surface area contributed by atoms with Gasteiger partial charge in [-0.15, -0.1) is 0 Å². The molecule has 98 valence electrons. The third-order valence-electron chi connectivity index (χ3n) is 3.59. The number of carbonyl (C=O) groups excluding carboxylic acids is 1. The van der Waals surface area contributed by atoms with Crippen LogP contribution < -0.4 is 10.6 Å². The van der Waals surface area contributed by atoms with Gasteiger partial charge in [-0.2, -0.15) is 0 Å². The maximum absolute atomic E-state index is 11.9. The number of amides is 1. The molecule has 1 heterocycles. The summed E-state index contributed by atoms with van der Waals surface area (Å²) in [6.45, 7) is 1.75. The van der Waals surface area contributed by atoms with Crippen LogP contribution in [-0.2, 0) is 11.3 Å². The summed E-state index contributed by atoms with van der Waals surface area (Å²) >= 11 is 0. The van der Waals surface area contributed by atoms with E-state index in [1.807, 2.05) is 25.2 Å². The smallest absolute Gasteiger partial charge is 0.237 e. The van der Waals surface area contributed by atoms with Gasteiger partial charge in [-0.25, -0.2) is 0 Å². The minimum atomic E-state index is -0.0207. The maximum Gasteiger partial charge on any atom is 0.237 e. The molecule has 1 aliphatic rings. The summed E-state index contributed by atoms with van der Waals surface area (Å²) in [6, 6.07) is 10.7. The van der Waals surface area contributed by atoms with Crippen LogP contribution in [0.15, 0.2) is 30.3 Å². The van der Waals surface area contributed by atoms with E-state index in [0.717, 1.165) is 19.5 Å². The zero-order valence-corrected chi connectivity index (χ0v) is 11.0. The molecule has 0 bridgehead atoms. The van der Waals surface area contributed by atoms with E-state index < -0.39 is 0 Å². The Labute approximate surface area is 108 Å². The van der Waals surface area contributed by atoms with Crippen molar-refractivity contribution in [2.75, 3.05) is 20.6 Å². The lowest BCUT2D eigenvalue weighted by Crippen LogP contribution is -2.41. The fourth-order valence-electron chi connectivity index (χ4n) is 2.54. The Bertz CT molecular complexity index is 393. The van der Waals surface area contributed by atoms with Gasteiger partial charge in [0.2, 0.25) is 5.91 Å². The first kappa shape index (κ1) is 13.1. The number of likely N-dealkylation sites (tertiary alicyclic amines) is 1. The van der Waals surface area contributed by atoms with E-state index in [2.05, 4.69) is 27.7 Å². The van der Waals surface area contributed by atoms with E-state index in [-0.39, 0.29) is 11.9 Å². The van der Waals surface area contributed by atoms with E-state index in [1.165, 1.54) is 5.56 Å². The van der Waals surface area contributed by atoms with Gasteiger partial charge in [0.25, 0.3) is 0 Å². The summed E-state index contributed by atoms with van der Waals surface area (Å²) in [5, 5.41) is 6.03. The fraction of sp³-hybridized carbons (Fsp3) is 0.500. The number of rotatable bonds is 4. The monoisotopic (exact) mass is 247 g/mol. The molecule has 18 heavy (non-hydrogen) atoms. The molecule has 1 aromatic carbocycles. The summed E-state index contributed by atoms with van der Waals surface area (Å²) in [5.41, 5.74) is 1.25. The summed E-state index contributed by atoms with van der Waals surface area (Å²) < 4.78 is 0. The van der Waals surface area contributed by atoms with Crippen LogP contribution in [0.3, 0.4) is 0 Å². The molecule has 2 N–H and O–H groups in total. The number of carbonyl (C=O) groups is 1. The number of likely N-dealkylation sites (N-methyl/N-ethyl adjacent to an activating group) is 2. The molecular formula is C14H21N3O. The predicted molar refractivity (Wildman–Crippen MR) is 72.2 cm³/mol. The van der Waals surface area contributed by atoms with Gasteiger partial charge in [-0.05, 0) is 19.0 Å². The summed E-state index contributed by atoms with van der Waals surface area (Å²) in [4.78, 5) is 14.1. The van der Waals surface area contributed by atoms with Crippen molar-refractivity contribution in [3.8, 4) is 0 Å². The second kappa shape index (κ2) is 5.98. The highest BCUT2D eigenvalue weighted by atomic mass is 16.2. The van der Waals surface area contributed by atoms with Crippen LogP contribution in [0.25, 0.3) is 0 Å².